The molecule has 0 rings (SSSR count). The Hall–Kier alpha value is -2.63. The number of esters is 1. The molecule has 2 N–H and O–H groups in total. The van der Waals surface area contributed by atoms with Crippen molar-refractivity contribution in [3.63, 3.8) is 0 Å². The molecule has 0 radical (unpaired) electrons. The Kier molecular flexibility index (Phi) is 39.1. The fourth-order valence-corrected chi connectivity index (χ4v) is 6.29. The molecule has 0 saturated carbocycles. The minimum absolute atomic E-state index is 0.0107. The summed E-state index contributed by atoms with van der Waals surface area (Å²) < 4.78 is 6.01. The van der Waals surface area contributed by atoms with Crippen LogP contribution in [0.5, 0.6) is 0 Å². The van der Waals surface area contributed by atoms with E-state index < -0.39 is 5.97 Å². The second-order valence-electron chi connectivity index (χ2n) is 14.6. The highest BCUT2D eigenvalue weighted by Crippen LogP contribution is 2.18. The van der Waals surface area contributed by atoms with E-state index in [2.05, 4.69) is 67.8 Å². The lowest BCUT2D eigenvalue weighted by Crippen LogP contribution is -2.28. The number of rotatable bonds is 39. The fourth-order valence-electron chi connectivity index (χ4n) is 6.29. The highest BCUT2D eigenvalue weighted by Gasteiger charge is 2.14. The zero-order valence-electron chi connectivity index (χ0n) is 33.9. The Morgan fingerprint density at radius 3 is 1.54 bits per heavy atom. The topological polar surface area (TPSA) is 92.7 Å². The summed E-state index contributed by atoms with van der Waals surface area (Å²) in [5.41, 5.74) is 0. The summed E-state index contributed by atoms with van der Waals surface area (Å²) in [6.07, 6.45) is 52.3. The lowest BCUT2D eigenvalue weighted by atomic mass is 10.0. The highest BCUT2D eigenvalue weighted by molar-refractivity contribution is 5.80. The molecule has 52 heavy (non-hydrogen) atoms. The van der Waals surface area contributed by atoms with Crippen molar-refractivity contribution in [2.45, 2.75) is 219 Å². The minimum atomic E-state index is -1.02. The van der Waals surface area contributed by atoms with Crippen molar-refractivity contribution >= 4 is 17.8 Å². The SMILES string of the molecule is CC/C=C\C/C=C\C/C=C\CCCCCCCCCC(=O)OC(CCC/C=C\CCCCCCCCCC)CCCCCCCC(=O)NCC(=O)O. The predicted molar refractivity (Wildman–Crippen MR) is 222 cm³/mol. The molecule has 6 heteroatoms. The third-order valence-corrected chi connectivity index (χ3v) is 9.48. The van der Waals surface area contributed by atoms with Gasteiger partial charge in [-0.3, -0.25) is 14.4 Å². The van der Waals surface area contributed by atoms with Gasteiger partial charge in [-0.05, 0) is 89.9 Å². The van der Waals surface area contributed by atoms with Crippen molar-refractivity contribution in [1.82, 2.24) is 5.32 Å². The summed E-state index contributed by atoms with van der Waals surface area (Å²) in [5, 5.41) is 11.1. The number of carboxylic acids is 1. The number of amides is 1. The van der Waals surface area contributed by atoms with Crippen molar-refractivity contribution in [3.8, 4) is 0 Å². The highest BCUT2D eigenvalue weighted by atomic mass is 16.5. The number of nitrogens with one attached hydrogen (secondary N) is 1. The Bertz CT molecular complexity index is 937. The molecule has 0 aromatic heterocycles. The smallest absolute Gasteiger partial charge is 0.322 e. The van der Waals surface area contributed by atoms with Crippen molar-refractivity contribution in [3.05, 3.63) is 48.6 Å². The first kappa shape index (κ1) is 49.4. The standard InChI is InChI=1S/C46H81NO5/c1-3-5-7-9-11-13-15-17-18-19-20-22-24-26-28-33-37-41-46(51)52-43(39-35-31-29-32-36-40-44(48)47-42-45(49)50)38-34-30-27-25-23-21-16-14-12-10-8-6-4-2/h5,7,11,13,17-18,25,27,43H,3-4,6,8-10,12,14-16,19-24,26,28-42H2,1-2H3,(H,47,48)(H,49,50)/b7-5-,13-11-,18-17-,27-25-. The molecule has 300 valence electrons. The van der Waals surface area contributed by atoms with E-state index in [0.717, 1.165) is 89.9 Å². The fraction of sp³-hybridized carbons (Fsp3) is 0.761. The van der Waals surface area contributed by atoms with E-state index >= 15 is 0 Å². The molecule has 6 nitrogen and oxygen atoms in total. The van der Waals surface area contributed by atoms with Gasteiger partial charge in [0.05, 0.1) is 0 Å². The van der Waals surface area contributed by atoms with Crippen LogP contribution in [0.4, 0.5) is 0 Å². The average molecular weight is 728 g/mol. The van der Waals surface area contributed by atoms with E-state index in [0.29, 0.717) is 12.8 Å². The van der Waals surface area contributed by atoms with Gasteiger partial charge in [0.15, 0.2) is 0 Å². The number of carbonyl (C=O) groups excluding carboxylic acids is 2. The molecule has 0 heterocycles. The number of carbonyl (C=O) groups is 3. The number of ether oxygens (including phenoxy) is 1. The maximum atomic E-state index is 12.8. The van der Waals surface area contributed by atoms with E-state index in [1.54, 1.807) is 0 Å². The summed E-state index contributed by atoms with van der Waals surface area (Å²) in [5.74, 6) is -1.26. The van der Waals surface area contributed by atoms with Gasteiger partial charge in [0, 0.05) is 12.8 Å². The quantitative estimate of drug-likeness (QED) is 0.0373. The average Bonchev–Trinajstić information content (AvgIpc) is 3.13. The van der Waals surface area contributed by atoms with Gasteiger partial charge in [0.2, 0.25) is 5.91 Å². The van der Waals surface area contributed by atoms with E-state index in [1.807, 2.05) is 0 Å². The van der Waals surface area contributed by atoms with Crippen molar-refractivity contribution in [1.29, 1.82) is 0 Å². The van der Waals surface area contributed by atoms with Crippen LogP contribution in [0.3, 0.4) is 0 Å². The number of allylic oxidation sites excluding steroid dienone is 8. The van der Waals surface area contributed by atoms with Crippen molar-refractivity contribution in [2.75, 3.05) is 6.54 Å². The predicted octanol–water partition coefficient (Wildman–Crippen LogP) is 13.5. The molecule has 0 bridgehead atoms. The summed E-state index contributed by atoms with van der Waals surface area (Å²) in [6.45, 7) is 4.11. The molecule has 0 fully saturated rings. The second-order valence-corrected chi connectivity index (χ2v) is 14.6. The molecule has 0 aliphatic carbocycles. The molecule has 1 unspecified atom stereocenters. The van der Waals surface area contributed by atoms with Crippen LogP contribution in [0, 0.1) is 0 Å². The molecule has 1 atom stereocenters. The van der Waals surface area contributed by atoms with Crippen LogP contribution in [0.25, 0.3) is 0 Å². The maximum Gasteiger partial charge on any atom is 0.322 e. The van der Waals surface area contributed by atoms with Crippen LogP contribution in [-0.2, 0) is 19.1 Å². The maximum absolute atomic E-state index is 12.8. The zero-order chi connectivity index (χ0) is 38.0. The minimum Gasteiger partial charge on any atom is -0.480 e. The van der Waals surface area contributed by atoms with Crippen molar-refractivity contribution < 1.29 is 24.2 Å². The summed E-state index contributed by atoms with van der Waals surface area (Å²) in [7, 11) is 0. The lowest BCUT2D eigenvalue weighted by Gasteiger charge is -2.18. The van der Waals surface area contributed by atoms with Gasteiger partial charge in [0.25, 0.3) is 0 Å². The molecular formula is C46H81NO5. The third-order valence-electron chi connectivity index (χ3n) is 9.48. The number of hydrogen-bond donors (Lipinski definition) is 2. The van der Waals surface area contributed by atoms with Gasteiger partial charge in [-0.15, -0.1) is 0 Å². The zero-order valence-corrected chi connectivity index (χ0v) is 33.9. The third kappa shape index (κ3) is 40.1. The van der Waals surface area contributed by atoms with E-state index in [1.165, 1.54) is 96.3 Å². The second kappa shape index (κ2) is 41.1. The van der Waals surface area contributed by atoms with E-state index in [4.69, 9.17) is 9.84 Å². The summed E-state index contributed by atoms with van der Waals surface area (Å²) in [6, 6.07) is 0. The molecule has 1 amide bonds. The number of aliphatic carboxylic acids is 1. The van der Waals surface area contributed by atoms with Gasteiger partial charge in [-0.25, -0.2) is 0 Å². The van der Waals surface area contributed by atoms with Gasteiger partial charge < -0.3 is 15.2 Å². The molecule has 0 aromatic carbocycles. The molecule has 0 aliphatic rings. The first-order chi connectivity index (χ1) is 25.5. The Labute approximate surface area is 320 Å². The number of hydrogen-bond acceptors (Lipinski definition) is 4. The van der Waals surface area contributed by atoms with Gasteiger partial charge in [-0.2, -0.15) is 0 Å². The largest absolute Gasteiger partial charge is 0.480 e. The first-order valence-electron chi connectivity index (χ1n) is 21.8. The van der Waals surface area contributed by atoms with Gasteiger partial charge in [-0.1, -0.05) is 159 Å². The summed E-state index contributed by atoms with van der Waals surface area (Å²) >= 11 is 0. The normalized spacial score (nSPS) is 12.5. The van der Waals surface area contributed by atoms with Crippen molar-refractivity contribution in [2.24, 2.45) is 0 Å². The summed E-state index contributed by atoms with van der Waals surface area (Å²) in [4.78, 5) is 35.0. The Balaban J connectivity index is 4.21. The van der Waals surface area contributed by atoms with Crippen LogP contribution in [-0.4, -0.2) is 35.6 Å². The Morgan fingerprint density at radius 1 is 0.519 bits per heavy atom. The van der Waals surface area contributed by atoms with Gasteiger partial charge >= 0.3 is 11.9 Å². The monoisotopic (exact) mass is 728 g/mol. The van der Waals surface area contributed by atoms with Crippen LogP contribution >= 0.6 is 0 Å². The molecule has 0 saturated heterocycles. The first-order valence-corrected chi connectivity index (χ1v) is 21.8. The van der Waals surface area contributed by atoms with E-state index in [-0.39, 0.29) is 24.5 Å². The molecule has 0 spiro atoms. The van der Waals surface area contributed by atoms with Crippen LogP contribution in [0.2, 0.25) is 0 Å². The Morgan fingerprint density at radius 2 is 0.962 bits per heavy atom. The number of unbranched alkanes of at least 4 members (excludes halogenated alkanes) is 20. The van der Waals surface area contributed by atoms with E-state index in [9.17, 15) is 14.4 Å². The lowest BCUT2D eigenvalue weighted by molar-refractivity contribution is -0.150. The molecule has 0 aromatic rings. The van der Waals surface area contributed by atoms with Crippen LogP contribution < -0.4 is 5.32 Å². The van der Waals surface area contributed by atoms with Crippen LogP contribution in [0.1, 0.15) is 213 Å². The van der Waals surface area contributed by atoms with Gasteiger partial charge in [0.1, 0.15) is 12.6 Å². The molecular weight excluding hydrogens is 647 g/mol. The number of carboxylic acid groups (broad SMARTS) is 1. The molecule has 0 aliphatic heterocycles. The van der Waals surface area contributed by atoms with Crippen LogP contribution in [0.15, 0.2) is 48.6 Å².